The summed E-state index contributed by atoms with van der Waals surface area (Å²) in [6, 6.07) is 17.9. The number of methoxy groups -OCH3 is 1. The summed E-state index contributed by atoms with van der Waals surface area (Å²) in [4.78, 5) is 26.0. The standard InChI is InChI=1S/C30H36O9/c1-34-28(32)22(17-19-11-5-2-6-12-19)36-25-24-23(18-35-30(39-24)21-15-9-4-10-16-21)37-29(33)26(25)38-27(31)20-13-7-3-8-14-20/h3-4,7-10,13-16,19,22-26,29-30,33H,2,5-6,11-12,17-18H2,1H3/t22-,23+,24-,25-,26+,29?,30?/m0/s1. The molecule has 1 aliphatic carbocycles. The van der Waals surface area contributed by atoms with Crippen LogP contribution >= 0.6 is 0 Å². The summed E-state index contributed by atoms with van der Waals surface area (Å²) in [6.07, 6.45) is -1.06. The Balaban J connectivity index is 1.43. The van der Waals surface area contributed by atoms with Gasteiger partial charge in [0.15, 0.2) is 24.8 Å². The highest BCUT2D eigenvalue weighted by molar-refractivity contribution is 5.89. The summed E-state index contributed by atoms with van der Waals surface area (Å²) in [5.41, 5.74) is 1.11. The Labute approximate surface area is 228 Å². The van der Waals surface area contributed by atoms with Crippen molar-refractivity contribution in [2.24, 2.45) is 5.92 Å². The molecule has 2 saturated heterocycles. The number of hydrogen-bond donors (Lipinski definition) is 1. The van der Waals surface area contributed by atoms with Crippen LogP contribution in [0.1, 0.15) is 60.7 Å². The van der Waals surface area contributed by atoms with Crippen molar-refractivity contribution in [2.45, 2.75) is 81.6 Å². The molecule has 1 saturated carbocycles. The van der Waals surface area contributed by atoms with Gasteiger partial charge in [0.1, 0.15) is 18.3 Å². The molecule has 1 N–H and O–H groups in total. The fourth-order valence-electron chi connectivity index (χ4n) is 5.64. The number of ether oxygens (including phenoxy) is 6. The van der Waals surface area contributed by atoms with E-state index < -0.39 is 55.0 Å². The molecule has 0 spiro atoms. The molecule has 7 atom stereocenters. The summed E-state index contributed by atoms with van der Waals surface area (Å²) < 4.78 is 35.4. The number of esters is 2. The summed E-state index contributed by atoms with van der Waals surface area (Å²) in [5, 5.41) is 11.0. The second-order valence-electron chi connectivity index (χ2n) is 10.3. The van der Waals surface area contributed by atoms with Crippen molar-refractivity contribution in [1.82, 2.24) is 0 Å². The topological polar surface area (TPSA) is 110 Å². The molecule has 39 heavy (non-hydrogen) atoms. The minimum atomic E-state index is -1.52. The molecule has 2 heterocycles. The van der Waals surface area contributed by atoms with Crippen LogP contribution in [-0.4, -0.2) is 67.6 Å². The molecule has 0 amide bonds. The second-order valence-corrected chi connectivity index (χ2v) is 10.3. The number of rotatable bonds is 8. The molecule has 3 fully saturated rings. The van der Waals surface area contributed by atoms with Gasteiger partial charge in [0.25, 0.3) is 0 Å². The Kier molecular flexibility index (Phi) is 9.26. The number of benzene rings is 2. The number of aliphatic hydroxyl groups is 1. The Morgan fingerprint density at radius 3 is 2.33 bits per heavy atom. The van der Waals surface area contributed by atoms with E-state index in [1.54, 1.807) is 30.3 Å². The molecule has 2 unspecified atom stereocenters. The number of aliphatic hydroxyl groups excluding tert-OH is 1. The van der Waals surface area contributed by atoms with E-state index in [0.29, 0.717) is 17.9 Å². The van der Waals surface area contributed by atoms with Crippen molar-refractivity contribution >= 4 is 11.9 Å². The van der Waals surface area contributed by atoms with E-state index in [4.69, 9.17) is 28.4 Å². The van der Waals surface area contributed by atoms with Crippen molar-refractivity contribution in [2.75, 3.05) is 13.7 Å². The average Bonchev–Trinajstić information content (AvgIpc) is 2.99. The molecular weight excluding hydrogens is 504 g/mol. The molecule has 5 rings (SSSR count). The van der Waals surface area contributed by atoms with Crippen LogP contribution in [0.2, 0.25) is 0 Å². The first kappa shape index (κ1) is 27.7. The van der Waals surface area contributed by atoms with Gasteiger partial charge in [0.2, 0.25) is 0 Å². The van der Waals surface area contributed by atoms with E-state index in [1.807, 2.05) is 30.3 Å². The number of hydrogen-bond acceptors (Lipinski definition) is 9. The molecule has 9 nitrogen and oxygen atoms in total. The summed E-state index contributed by atoms with van der Waals surface area (Å²) in [5.74, 6) is -0.858. The van der Waals surface area contributed by atoms with Gasteiger partial charge in [0, 0.05) is 5.56 Å². The van der Waals surface area contributed by atoms with Gasteiger partial charge >= 0.3 is 11.9 Å². The molecule has 0 aromatic heterocycles. The van der Waals surface area contributed by atoms with Gasteiger partial charge in [-0.2, -0.15) is 0 Å². The Morgan fingerprint density at radius 1 is 0.949 bits per heavy atom. The van der Waals surface area contributed by atoms with Gasteiger partial charge in [-0.05, 0) is 24.5 Å². The molecule has 2 aliphatic heterocycles. The highest BCUT2D eigenvalue weighted by Gasteiger charge is 2.53. The highest BCUT2D eigenvalue weighted by Crippen LogP contribution is 2.38. The lowest BCUT2D eigenvalue weighted by molar-refractivity contribution is -0.361. The van der Waals surface area contributed by atoms with Crippen LogP contribution in [0.3, 0.4) is 0 Å². The lowest BCUT2D eigenvalue weighted by atomic mass is 9.85. The number of carbonyl (C=O) groups excluding carboxylic acids is 2. The Hall–Kier alpha value is -2.82. The van der Waals surface area contributed by atoms with Crippen LogP contribution < -0.4 is 0 Å². The van der Waals surface area contributed by atoms with Gasteiger partial charge < -0.3 is 33.5 Å². The van der Waals surface area contributed by atoms with Crippen LogP contribution in [0.15, 0.2) is 60.7 Å². The normalized spacial score (nSPS) is 30.1. The zero-order valence-corrected chi connectivity index (χ0v) is 22.1. The highest BCUT2D eigenvalue weighted by atomic mass is 16.7. The Bertz CT molecular complexity index is 1070. The first-order valence-electron chi connectivity index (χ1n) is 13.7. The molecule has 2 aromatic carbocycles. The predicted octanol–water partition coefficient (Wildman–Crippen LogP) is 3.94. The minimum Gasteiger partial charge on any atom is -0.467 e. The predicted molar refractivity (Wildman–Crippen MR) is 138 cm³/mol. The lowest BCUT2D eigenvalue weighted by Crippen LogP contribution is -2.64. The maximum Gasteiger partial charge on any atom is 0.338 e. The lowest BCUT2D eigenvalue weighted by Gasteiger charge is -2.48. The molecule has 3 aliphatic rings. The third-order valence-electron chi connectivity index (χ3n) is 7.68. The smallest absolute Gasteiger partial charge is 0.338 e. The third-order valence-corrected chi connectivity index (χ3v) is 7.68. The van der Waals surface area contributed by atoms with Gasteiger partial charge in [-0.25, -0.2) is 9.59 Å². The fourth-order valence-corrected chi connectivity index (χ4v) is 5.64. The van der Waals surface area contributed by atoms with E-state index in [2.05, 4.69) is 0 Å². The quantitative estimate of drug-likeness (QED) is 0.498. The van der Waals surface area contributed by atoms with Crippen LogP contribution in [0.5, 0.6) is 0 Å². The van der Waals surface area contributed by atoms with Crippen molar-refractivity contribution in [3.63, 3.8) is 0 Å². The largest absolute Gasteiger partial charge is 0.467 e. The van der Waals surface area contributed by atoms with Gasteiger partial charge in [0.05, 0.1) is 19.3 Å². The van der Waals surface area contributed by atoms with Gasteiger partial charge in [-0.15, -0.1) is 0 Å². The van der Waals surface area contributed by atoms with Crippen LogP contribution in [0.4, 0.5) is 0 Å². The zero-order chi connectivity index (χ0) is 27.2. The molecule has 0 bridgehead atoms. The van der Waals surface area contributed by atoms with Crippen molar-refractivity contribution < 1.29 is 43.1 Å². The molecule has 9 heteroatoms. The van der Waals surface area contributed by atoms with E-state index >= 15 is 0 Å². The number of fused-ring (bicyclic) bond motifs is 1. The summed E-state index contributed by atoms with van der Waals surface area (Å²) in [7, 11) is 1.32. The van der Waals surface area contributed by atoms with E-state index in [1.165, 1.54) is 13.5 Å². The minimum absolute atomic E-state index is 0.117. The summed E-state index contributed by atoms with van der Waals surface area (Å²) in [6.45, 7) is 0.117. The van der Waals surface area contributed by atoms with Gasteiger partial charge in [-0.1, -0.05) is 80.6 Å². The molecule has 2 aromatic rings. The number of carbonyl (C=O) groups is 2. The first-order valence-corrected chi connectivity index (χ1v) is 13.7. The second kappa shape index (κ2) is 13.0. The van der Waals surface area contributed by atoms with Crippen LogP contribution in [0, 0.1) is 5.92 Å². The molecule has 0 radical (unpaired) electrons. The monoisotopic (exact) mass is 540 g/mol. The van der Waals surface area contributed by atoms with Crippen LogP contribution in [-0.2, 0) is 33.2 Å². The summed E-state index contributed by atoms with van der Waals surface area (Å²) >= 11 is 0. The van der Waals surface area contributed by atoms with Gasteiger partial charge in [-0.3, -0.25) is 0 Å². The zero-order valence-electron chi connectivity index (χ0n) is 22.1. The molecule has 210 valence electrons. The maximum absolute atomic E-state index is 13.0. The fraction of sp³-hybridized carbons (Fsp3) is 0.533. The molecular formula is C30H36O9. The Morgan fingerprint density at radius 2 is 1.64 bits per heavy atom. The SMILES string of the molecule is COC(=O)[C@H](CC1CCCCC1)O[C@H]1[C@H]2OC(c3ccccc3)OC[C@H]2OC(O)[C@@H]1OC(=O)c1ccccc1. The van der Waals surface area contributed by atoms with Crippen molar-refractivity contribution in [1.29, 1.82) is 0 Å². The van der Waals surface area contributed by atoms with Crippen LogP contribution in [0.25, 0.3) is 0 Å². The first-order chi connectivity index (χ1) is 19.0. The third kappa shape index (κ3) is 6.67. The van der Waals surface area contributed by atoms with E-state index in [9.17, 15) is 14.7 Å². The maximum atomic E-state index is 13.0. The average molecular weight is 541 g/mol. The van der Waals surface area contributed by atoms with E-state index in [0.717, 1.165) is 31.2 Å². The van der Waals surface area contributed by atoms with E-state index in [-0.39, 0.29) is 6.61 Å². The van der Waals surface area contributed by atoms with Crippen molar-refractivity contribution in [3.8, 4) is 0 Å². The van der Waals surface area contributed by atoms with Crippen molar-refractivity contribution in [3.05, 3.63) is 71.8 Å².